The summed E-state index contributed by atoms with van der Waals surface area (Å²) in [5.41, 5.74) is 8.23. The Labute approximate surface area is 170 Å². The van der Waals surface area contributed by atoms with Gasteiger partial charge < -0.3 is 0 Å². The van der Waals surface area contributed by atoms with Gasteiger partial charge in [-0.3, -0.25) is 20.4 Å². The van der Waals surface area contributed by atoms with E-state index in [4.69, 9.17) is 0 Å². The van der Waals surface area contributed by atoms with Crippen molar-refractivity contribution in [2.75, 3.05) is 0 Å². The lowest BCUT2D eigenvalue weighted by atomic mass is 9.85. The predicted molar refractivity (Wildman–Crippen MR) is 113 cm³/mol. The summed E-state index contributed by atoms with van der Waals surface area (Å²) in [5, 5.41) is 0. The van der Waals surface area contributed by atoms with Crippen molar-refractivity contribution < 1.29 is 9.59 Å². The maximum atomic E-state index is 12.8. The molecule has 1 fully saturated rings. The first-order chi connectivity index (χ1) is 14.2. The van der Waals surface area contributed by atoms with Gasteiger partial charge in [0.15, 0.2) is 0 Å². The van der Waals surface area contributed by atoms with Crippen LogP contribution in [0, 0.1) is 5.92 Å². The maximum absolute atomic E-state index is 12.8. The van der Waals surface area contributed by atoms with Crippen molar-refractivity contribution in [1.29, 1.82) is 0 Å². The minimum atomic E-state index is -0.332. The number of amides is 2. The first-order valence-electron chi connectivity index (χ1n) is 9.94. The fraction of sp³-hybridized carbons (Fsp3) is 0.200. The number of hydrazine groups is 1. The summed E-state index contributed by atoms with van der Waals surface area (Å²) in [4.78, 5) is 25.0. The van der Waals surface area contributed by atoms with Crippen LogP contribution in [0.2, 0.25) is 0 Å². The van der Waals surface area contributed by atoms with Gasteiger partial charge in [0.25, 0.3) is 0 Å². The summed E-state index contributed by atoms with van der Waals surface area (Å²) in [6.45, 7) is 0. The Bertz CT molecular complexity index is 932. The van der Waals surface area contributed by atoms with Crippen molar-refractivity contribution in [3.8, 4) is 0 Å². The van der Waals surface area contributed by atoms with Crippen LogP contribution in [0.5, 0.6) is 0 Å². The second kappa shape index (κ2) is 8.31. The van der Waals surface area contributed by atoms with E-state index in [1.807, 2.05) is 66.7 Å². The molecule has 2 amide bonds. The van der Waals surface area contributed by atoms with Crippen LogP contribution in [0.1, 0.15) is 29.5 Å². The van der Waals surface area contributed by atoms with Gasteiger partial charge in [-0.2, -0.15) is 0 Å². The fourth-order valence-corrected chi connectivity index (χ4v) is 4.04. The molecular weight excluding hydrogens is 360 g/mol. The van der Waals surface area contributed by atoms with E-state index in [0.717, 1.165) is 23.1 Å². The molecule has 4 rings (SSSR count). The summed E-state index contributed by atoms with van der Waals surface area (Å²) < 4.78 is 0. The van der Waals surface area contributed by atoms with Crippen molar-refractivity contribution in [3.63, 3.8) is 0 Å². The van der Waals surface area contributed by atoms with Crippen molar-refractivity contribution in [2.45, 2.75) is 24.7 Å². The second-order valence-corrected chi connectivity index (χ2v) is 7.48. The molecule has 1 aliphatic carbocycles. The Morgan fingerprint density at radius 1 is 0.759 bits per heavy atom. The molecule has 4 heteroatoms. The van der Waals surface area contributed by atoms with Gasteiger partial charge in [0.05, 0.1) is 5.92 Å². The molecule has 0 aliphatic heterocycles. The zero-order valence-corrected chi connectivity index (χ0v) is 16.2. The number of aryl methyl sites for hydroxylation is 1. The summed E-state index contributed by atoms with van der Waals surface area (Å²) >= 11 is 0. The van der Waals surface area contributed by atoms with Crippen LogP contribution in [-0.2, 0) is 21.4 Å². The number of nitrogens with one attached hydrogen (secondary N) is 2. The van der Waals surface area contributed by atoms with Gasteiger partial charge in [-0.25, -0.2) is 0 Å². The highest BCUT2D eigenvalue weighted by molar-refractivity contribution is 5.88. The van der Waals surface area contributed by atoms with Gasteiger partial charge in [-0.1, -0.05) is 91.0 Å². The molecule has 1 saturated carbocycles. The molecule has 0 aromatic heterocycles. The quantitative estimate of drug-likeness (QED) is 0.636. The Morgan fingerprint density at radius 2 is 1.28 bits per heavy atom. The van der Waals surface area contributed by atoms with Gasteiger partial charge >= 0.3 is 0 Å². The number of hydrogen-bond donors (Lipinski definition) is 2. The SMILES string of the molecule is O=C(CCc1ccccc1)NNC(=O)[C@@H]1CC1(c1ccccc1)c1ccccc1. The molecule has 146 valence electrons. The van der Waals surface area contributed by atoms with E-state index in [-0.39, 0.29) is 23.1 Å². The predicted octanol–water partition coefficient (Wildman–Crippen LogP) is 3.77. The van der Waals surface area contributed by atoms with Crippen molar-refractivity contribution in [3.05, 3.63) is 108 Å². The molecule has 0 saturated heterocycles. The molecule has 1 aliphatic rings. The summed E-state index contributed by atoms with van der Waals surface area (Å²) in [7, 11) is 0. The van der Waals surface area contributed by atoms with Gasteiger partial charge in [-0.05, 0) is 29.5 Å². The lowest BCUT2D eigenvalue weighted by Crippen LogP contribution is -2.43. The molecule has 3 aromatic carbocycles. The third-order valence-corrected chi connectivity index (χ3v) is 5.66. The normalized spacial score (nSPS) is 16.6. The van der Waals surface area contributed by atoms with E-state index < -0.39 is 0 Å². The van der Waals surface area contributed by atoms with Crippen molar-refractivity contribution in [1.82, 2.24) is 10.9 Å². The zero-order valence-electron chi connectivity index (χ0n) is 16.2. The van der Waals surface area contributed by atoms with Gasteiger partial charge in [-0.15, -0.1) is 0 Å². The molecule has 3 aromatic rings. The lowest BCUT2D eigenvalue weighted by molar-refractivity contribution is -0.129. The largest absolute Gasteiger partial charge is 0.273 e. The van der Waals surface area contributed by atoms with E-state index in [1.54, 1.807) is 0 Å². The van der Waals surface area contributed by atoms with Crippen molar-refractivity contribution >= 4 is 11.8 Å². The first-order valence-corrected chi connectivity index (χ1v) is 9.94. The van der Waals surface area contributed by atoms with Crippen LogP contribution in [0.25, 0.3) is 0 Å². The Kier molecular flexibility index (Phi) is 5.43. The smallest absolute Gasteiger partial charge is 0.242 e. The highest BCUT2D eigenvalue weighted by Gasteiger charge is 2.60. The van der Waals surface area contributed by atoms with E-state index in [2.05, 4.69) is 35.1 Å². The number of benzene rings is 3. The number of carbonyl (C=O) groups excluding carboxylic acids is 2. The van der Waals surface area contributed by atoms with Gasteiger partial charge in [0.2, 0.25) is 11.8 Å². The van der Waals surface area contributed by atoms with Crippen LogP contribution in [0.4, 0.5) is 0 Å². The van der Waals surface area contributed by atoms with E-state index >= 15 is 0 Å². The first kappa shape index (κ1) is 18.9. The topological polar surface area (TPSA) is 58.2 Å². The molecular formula is C25H24N2O2. The lowest BCUT2D eigenvalue weighted by Gasteiger charge is -2.19. The molecule has 1 atom stereocenters. The molecule has 0 bridgehead atoms. The molecule has 29 heavy (non-hydrogen) atoms. The van der Waals surface area contributed by atoms with Gasteiger partial charge in [0.1, 0.15) is 0 Å². The summed E-state index contributed by atoms with van der Waals surface area (Å²) in [5.74, 6) is -0.541. The van der Waals surface area contributed by atoms with Crippen LogP contribution in [0.3, 0.4) is 0 Å². The highest BCUT2D eigenvalue weighted by Crippen LogP contribution is 2.58. The third kappa shape index (κ3) is 4.06. The zero-order chi connectivity index (χ0) is 20.1. The Morgan fingerprint density at radius 3 is 1.83 bits per heavy atom. The minimum Gasteiger partial charge on any atom is -0.273 e. The summed E-state index contributed by atoms with van der Waals surface area (Å²) in [6, 6.07) is 30.1. The third-order valence-electron chi connectivity index (χ3n) is 5.66. The molecule has 0 unspecified atom stereocenters. The minimum absolute atomic E-state index is 0.147. The average Bonchev–Trinajstić information content (AvgIpc) is 3.55. The maximum Gasteiger partial charge on any atom is 0.242 e. The molecule has 0 radical (unpaired) electrons. The van der Waals surface area contributed by atoms with Crippen LogP contribution >= 0.6 is 0 Å². The molecule has 0 heterocycles. The van der Waals surface area contributed by atoms with E-state index in [9.17, 15) is 9.59 Å². The number of carbonyl (C=O) groups is 2. The molecule has 0 spiro atoms. The Hall–Kier alpha value is -3.40. The average molecular weight is 384 g/mol. The number of hydrogen-bond acceptors (Lipinski definition) is 2. The molecule has 4 nitrogen and oxygen atoms in total. The molecule has 2 N–H and O–H groups in total. The fourth-order valence-electron chi connectivity index (χ4n) is 4.04. The highest BCUT2D eigenvalue weighted by atomic mass is 16.2. The second-order valence-electron chi connectivity index (χ2n) is 7.48. The van der Waals surface area contributed by atoms with E-state index in [0.29, 0.717) is 12.8 Å². The van der Waals surface area contributed by atoms with Gasteiger partial charge in [0, 0.05) is 11.8 Å². The monoisotopic (exact) mass is 384 g/mol. The standard InChI is InChI=1S/C25H24N2O2/c28-23(17-16-19-10-4-1-5-11-19)26-27-24(29)22-18-25(22,20-12-6-2-7-13-20)21-14-8-3-9-15-21/h1-15,22H,16-18H2,(H,26,28)(H,27,29)/t22-/m0/s1. The van der Waals surface area contributed by atoms with E-state index in [1.165, 1.54) is 0 Å². The van der Waals surface area contributed by atoms with Crippen molar-refractivity contribution in [2.24, 2.45) is 5.92 Å². The van der Waals surface area contributed by atoms with Crippen LogP contribution < -0.4 is 10.9 Å². The number of rotatable bonds is 6. The Balaban J connectivity index is 1.39. The van der Waals surface area contributed by atoms with Crippen LogP contribution in [-0.4, -0.2) is 11.8 Å². The summed E-state index contributed by atoms with van der Waals surface area (Å²) in [6.07, 6.45) is 1.70. The van der Waals surface area contributed by atoms with Crippen LogP contribution in [0.15, 0.2) is 91.0 Å².